The Kier molecular flexibility index (Phi) is 5.07. The van der Waals surface area contributed by atoms with Gasteiger partial charge >= 0.3 is 0 Å². The van der Waals surface area contributed by atoms with Crippen molar-refractivity contribution in [3.8, 4) is 6.07 Å². The minimum absolute atomic E-state index is 0.0271. The fourth-order valence-electron chi connectivity index (χ4n) is 2.15. The number of nitrogens with zero attached hydrogens (tertiary/aromatic N) is 2. The molecule has 2 aromatic carbocycles. The van der Waals surface area contributed by atoms with Gasteiger partial charge in [-0.25, -0.2) is 0 Å². The molecule has 2 aromatic rings. The number of nitro groups is 1. The highest BCUT2D eigenvalue weighted by atomic mass is 16.6. The number of benzene rings is 2. The largest absolute Gasteiger partial charge is 0.382 e. The average molecular weight is 297 g/mol. The van der Waals surface area contributed by atoms with Crippen molar-refractivity contribution in [1.29, 1.82) is 5.26 Å². The molecule has 112 valence electrons. The summed E-state index contributed by atoms with van der Waals surface area (Å²) in [5, 5.41) is 23.1. The van der Waals surface area contributed by atoms with Gasteiger partial charge in [0.1, 0.15) is 11.6 Å². The lowest BCUT2D eigenvalue weighted by Crippen LogP contribution is -2.16. The predicted octanol–water partition coefficient (Wildman–Crippen LogP) is 3.27. The first kappa shape index (κ1) is 15.5. The van der Waals surface area contributed by atoms with Crippen LogP contribution in [0.2, 0.25) is 0 Å². The zero-order valence-electron chi connectivity index (χ0n) is 12.0. The molecule has 2 rings (SSSR count). The van der Waals surface area contributed by atoms with Gasteiger partial charge in [-0.1, -0.05) is 30.3 Å². The second-order valence-corrected chi connectivity index (χ2v) is 4.66. The summed E-state index contributed by atoms with van der Waals surface area (Å²) in [5.41, 5.74) is 1.49. The lowest BCUT2D eigenvalue weighted by Gasteiger charge is -2.19. The van der Waals surface area contributed by atoms with Crippen molar-refractivity contribution in [2.24, 2.45) is 0 Å². The van der Waals surface area contributed by atoms with Gasteiger partial charge in [-0.05, 0) is 17.7 Å². The molecule has 0 spiro atoms. The first-order valence-electron chi connectivity index (χ1n) is 6.64. The van der Waals surface area contributed by atoms with Crippen LogP contribution in [0.25, 0.3) is 0 Å². The summed E-state index contributed by atoms with van der Waals surface area (Å²) in [6, 6.07) is 15.8. The lowest BCUT2D eigenvalue weighted by molar-refractivity contribution is -0.385. The fourth-order valence-corrected chi connectivity index (χ4v) is 2.15. The van der Waals surface area contributed by atoms with Crippen LogP contribution in [-0.4, -0.2) is 18.6 Å². The summed E-state index contributed by atoms with van der Waals surface area (Å²) >= 11 is 0. The van der Waals surface area contributed by atoms with Crippen molar-refractivity contribution in [3.05, 3.63) is 69.8 Å². The van der Waals surface area contributed by atoms with E-state index in [0.717, 1.165) is 5.56 Å². The van der Waals surface area contributed by atoms with Gasteiger partial charge < -0.3 is 10.1 Å². The van der Waals surface area contributed by atoms with Crippen LogP contribution in [0.4, 0.5) is 11.4 Å². The second kappa shape index (κ2) is 7.20. The highest BCUT2D eigenvalue weighted by molar-refractivity contribution is 5.59. The van der Waals surface area contributed by atoms with Crippen molar-refractivity contribution in [2.75, 3.05) is 19.0 Å². The molecule has 0 radical (unpaired) electrons. The smallest absolute Gasteiger partial charge is 0.287 e. The van der Waals surface area contributed by atoms with Crippen LogP contribution in [0.1, 0.15) is 17.2 Å². The molecule has 0 saturated heterocycles. The van der Waals surface area contributed by atoms with E-state index in [1.54, 1.807) is 13.2 Å². The quantitative estimate of drug-likeness (QED) is 0.653. The molecule has 0 fully saturated rings. The first-order chi connectivity index (χ1) is 10.7. The molecule has 1 unspecified atom stereocenters. The van der Waals surface area contributed by atoms with Crippen LogP contribution < -0.4 is 5.32 Å². The number of nitriles is 1. The molecule has 0 aliphatic carbocycles. The summed E-state index contributed by atoms with van der Waals surface area (Å²) in [6.45, 7) is 0.433. The second-order valence-electron chi connectivity index (χ2n) is 4.66. The van der Waals surface area contributed by atoms with Gasteiger partial charge in [-0.2, -0.15) is 5.26 Å². The molecule has 0 aromatic heterocycles. The molecule has 1 N–H and O–H groups in total. The summed E-state index contributed by atoms with van der Waals surface area (Å²) in [5.74, 6) is 0. The number of anilines is 1. The summed E-state index contributed by atoms with van der Waals surface area (Å²) in [7, 11) is 1.61. The molecule has 22 heavy (non-hydrogen) atoms. The molecule has 0 bridgehead atoms. The summed E-state index contributed by atoms with van der Waals surface area (Å²) in [4.78, 5) is 10.3. The van der Waals surface area contributed by atoms with E-state index in [1.165, 1.54) is 12.1 Å². The fraction of sp³-hybridized carbons (Fsp3) is 0.188. The van der Waals surface area contributed by atoms with Crippen LogP contribution >= 0.6 is 0 Å². The molecule has 0 heterocycles. The maximum atomic E-state index is 10.9. The number of hydrogen-bond acceptors (Lipinski definition) is 5. The molecular weight excluding hydrogens is 282 g/mol. The van der Waals surface area contributed by atoms with E-state index in [-0.39, 0.29) is 17.3 Å². The van der Waals surface area contributed by atoms with Crippen LogP contribution in [0.3, 0.4) is 0 Å². The highest BCUT2D eigenvalue weighted by Crippen LogP contribution is 2.25. The van der Waals surface area contributed by atoms with E-state index in [4.69, 9.17) is 10.00 Å². The minimum Gasteiger partial charge on any atom is -0.382 e. The van der Waals surface area contributed by atoms with E-state index in [9.17, 15) is 10.1 Å². The molecule has 0 saturated carbocycles. The average Bonchev–Trinajstić information content (AvgIpc) is 2.55. The molecule has 1 atom stereocenters. The van der Waals surface area contributed by atoms with Gasteiger partial charge in [-0.15, -0.1) is 0 Å². The Hall–Kier alpha value is -2.91. The number of nitro benzene ring substituents is 1. The van der Waals surface area contributed by atoms with E-state index >= 15 is 0 Å². The van der Waals surface area contributed by atoms with Crippen LogP contribution in [0.5, 0.6) is 0 Å². The number of rotatable bonds is 6. The van der Waals surface area contributed by atoms with E-state index in [2.05, 4.69) is 5.32 Å². The van der Waals surface area contributed by atoms with E-state index in [1.807, 2.05) is 36.4 Å². The van der Waals surface area contributed by atoms with Gasteiger partial charge in [0.05, 0.1) is 17.6 Å². The van der Waals surface area contributed by atoms with Crippen LogP contribution in [0, 0.1) is 21.4 Å². The maximum Gasteiger partial charge on any atom is 0.287 e. The van der Waals surface area contributed by atoms with Crippen molar-refractivity contribution in [1.82, 2.24) is 0 Å². The third kappa shape index (κ3) is 3.59. The molecule has 6 nitrogen and oxygen atoms in total. The first-order valence-corrected chi connectivity index (χ1v) is 6.64. The molecule has 6 heteroatoms. The summed E-state index contributed by atoms with van der Waals surface area (Å²) < 4.78 is 5.21. The standard InChI is InChI=1S/C16H15N3O3/c1-22-11-15(12-5-3-2-4-6-12)18-14-7-8-16(19(20)21)13(9-14)10-17/h2-9,15,18H,11H2,1H3. The molecule has 0 amide bonds. The van der Waals surface area contributed by atoms with Crippen molar-refractivity contribution < 1.29 is 9.66 Å². The van der Waals surface area contributed by atoms with Crippen molar-refractivity contribution in [2.45, 2.75) is 6.04 Å². The lowest BCUT2D eigenvalue weighted by atomic mass is 10.1. The SMILES string of the molecule is COCC(Nc1ccc([N+](=O)[O-])c(C#N)c1)c1ccccc1. The number of ether oxygens (including phenoxy) is 1. The monoisotopic (exact) mass is 297 g/mol. The maximum absolute atomic E-state index is 10.9. The van der Waals surface area contributed by atoms with E-state index in [0.29, 0.717) is 12.3 Å². The van der Waals surface area contributed by atoms with Gasteiger partial charge in [0.25, 0.3) is 5.69 Å². The van der Waals surface area contributed by atoms with Crippen LogP contribution in [0.15, 0.2) is 48.5 Å². The Morgan fingerprint density at radius 1 is 1.32 bits per heavy atom. The number of hydrogen-bond donors (Lipinski definition) is 1. The van der Waals surface area contributed by atoms with Crippen molar-refractivity contribution >= 4 is 11.4 Å². The van der Waals surface area contributed by atoms with Crippen LogP contribution in [-0.2, 0) is 4.74 Å². The molecule has 0 aliphatic rings. The molecule has 0 aliphatic heterocycles. The van der Waals surface area contributed by atoms with E-state index < -0.39 is 4.92 Å². The van der Waals surface area contributed by atoms with Crippen molar-refractivity contribution in [3.63, 3.8) is 0 Å². The number of nitrogens with one attached hydrogen (secondary N) is 1. The highest BCUT2D eigenvalue weighted by Gasteiger charge is 2.16. The van der Waals surface area contributed by atoms with Gasteiger partial charge in [0, 0.05) is 18.9 Å². The minimum atomic E-state index is -0.563. The predicted molar refractivity (Wildman–Crippen MR) is 82.5 cm³/mol. The molecular formula is C16H15N3O3. The zero-order valence-corrected chi connectivity index (χ0v) is 12.0. The Labute approximate surface area is 128 Å². The Morgan fingerprint density at radius 2 is 2.05 bits per heavy atom. The Bertz CT molecular complexity index is 696. The summed E-state index contributed by atoms with van der Waals surface area (Å²) in [6.07, 6.45) is 0. The zero-order chi connectivity index (χ0) is 15.9. The van der Waals surface area contributed by atoms with Gasteiger partial charge in [0.15, 0.2) is 0 Å². The topological polar surface area (TPSA) is 88.2 Å². The third-order valence-corrected chi connectivity index (χ3v) is 3.19. The Morgan fingerprint density at radius 3 is 2.64 bits per heavy atom. The normalized spacial score (nSPS) is 11.5. The number of methoxy groups -OCH3 is 1. The Balaban J connectivity index is 2.28. The third-order valence-electron chi connectivity index (χ3n) is 3.19. The van der Waals surface area contributed by atoms with Gasteiger partial charge in [0.2, 0.25) is 0 Å². The van der Waals surface area contributed by atoms with Gasteiger partial charge in [-0.3, -0.25) is 10.1 Å².